The summed E-state index contributed by atoms with van der Waals surface area (Å²) in [5.41, 5.74) is 1.87. The van der Waals surface area contributed by atoms with Gasteiger partial charge in [0.1, 0.15) is 5.75 Å². The third kappa shape index (κ3) is 6.74. The topological polar surface area (TPSA) is 59.6 Å². The first-order chi connectivity index (χ1) is 12.2. The molecule has 5 nitrogen and oxygen atoms in total. The Morgan fingerprint density at radius 2 is 1.88 bits per heavy atom. The number of ether oxygens (including phenoxy) is 2. The molecule has 0 aromatic heterocycles. The monoisotopic (exact) mass is 362 g/mol. The van der Waals surface area contributed by atoms with Crippen LogP contribution in [0.4, 0.5) is 0 Å². The Balaban J connectivity index is 1.84. The normalized spacial score (nSPS) is 10.5. The van der Waals surface area contributed by atoms with Gasteiger partial charge in [0.15, 0.2) is 6.61 Å². The van der Waals surface area contributed by atoms with Crippen molar-refractivity contribution in [3.63, 3.8) is 0 Å². The summed E-state index contributed by atoms with van der Waals surface area (Å²) in [5, 5.41) is 6.67. The van der Waals surface area contributed by atoms with Crippen molar-refractivity contribution in [1.29, 1.82) is 0 Å². The number of rotatable bonds is 10. The number of benzene rings is 2. The molecule has 0 bridgehead atoms. The van der Waals surface area contributed by atoms with E-state index in [0.717, 1.165) is 11.1 Å². The summed E-state index contributed by atoms with van der Waals surface area (Å²) >= 11 is 6.25. The Morgan fingerprint density at radius 3 is 2.64 bits per heavy atom. The number of hydrogen-bond donors (Lipinski definition) is 2. The van der Waals surface area contributed by atoms with Crippen LogP contribution < -0.4 is 15.4 Å². The lowest BCUT2D eigenvalue weighted by molar-refractivity contribution is -0.123. The molecule has 6 heteroatoms. The van der Waals surface area contributed by atoms with Gasteiger partial charge in [0, 0.05) is 37.3 Å². The van der Waals surface area contributed by atoms with E-state index in [1.165, 1.54) is 0 Å². The van der Waals surface area contributed by atoms with Crippen molar-refractivity contribution in [2.75, 3.05) is 26.9 Å². The largest absolute Gasteiger partial charge is 0.483 e. The van der Waals surface area contributed by atoms with Gasteiger partial charge in [-0.05, 0) is 17.7 Å². The fourth-order valence-corrected chi connectivity index (χ4v) is 2.46. The van der Waals surface area contributed by atoms with Crippen molar-refractivity contribution in [3.8, 4) is 5.75 Å². The average molecular weight is 363 g/mol. The molecule has 2 N–H and O–H groups in total. The summed E-state index contributed by atoms with van der Waals surface area (Å²) in [6.45, 7) is 2.29. The van der Waals surface area contributed by atoms with E-state index >= 15 is 0 Å². The second-order valence-electron chi connectivity index (χ2n) is 5.44. The van der Waals surface area contributed by atoms with E-state index in [4.69, 9.17) is 21.1 Å². The third-order valence-electron chi connectivity index (χ3n) is 3.55. The maximum absolute atomic E-state index is 12.0. The molecule has 0 aliphatic rings. The first-order valence-electron chi connectivity index (χ1n) is 8.11. The fraction of sp³-hybridized carbons (Fsp3) is 0.316. The third-order valence-corrected chi connectivity index (χ3v) is 3.91. The van der Waals surface area contributed by atoms with Gasteiger partial charge >= 0.3 is 0 Å². The number of carbonyl (C=O) groups excluding carboxylic acids is 1. The highest BCUT2D eigenvalue weighted by Crippen LogP contribution is 2.26. The summed E-state index contributed by atoms with van der Waals surface area (Å²) in [6, 6.07) is 15.2. The Hall–Kier alpha value is -2.08. The Morgan fingerprint density at radius 1 is 1.08 bits per heavy atom. The van der Waals surface area contributed by atoms with Crippen LogP contribution in [0.2, 0.25) is 5.02 Å². The number of carbonyl (C=O) groups is 1. The summed E-state index contributed by atoms with van der Waals surface area (Å²) in [6.07, 6.45) is 0. The van der Waals surface area contributed by atoms with Crippen LogP contribution in [-0.2, 0) is 22.6 Å². The number of hydrogen-bond acceptors (Lipinski definition) is 4. The fourth-order valence-electron chi connectivity index (χ4n) is 2.22. The number of halogens is 1. The molecule has 0 heterocycles. The summed E-state index contributed by atoms with van der Waals surface area (Å²) in [5.74, 6) is 0.425. The smallest absolute Gasteiger partial charge is 0.258 e. The zero-order chi connectivity index (χ0) is 17.9. The highest BCUT2D eigenvalue weighted by atomic mass is 35.5. The SMILES string of the molecule is COCCNCc1c(Cl)cccc1OCC(=O)NCc1ccccc1. The maximum Gasteiger partial charge on any atom is 0.258 e. The highest BCUT2D eigenvalue weighted by Gasteiger charge is 2.10. The molecule has 0 unspecified atom stereocenters. The van der Waals surface area contributed by atoms with Gasteiger partial charge in [0.2, 0.25) is 0 Å². The first-order valence-corrected chi connectivity index (χ1v) is 8.49. The molecular weight excluding hydrogens is 340 g/mol. The quantitative estimate of drug-likeness (QED) is 0.638. The number of methoxy groups -OCH3 is 1. The predicted molar refractivity (Wildman–Crippen MR) is 98.8 cm³/mol. The summed E-state index contributed by atoms with van der Waals surface area (Å²) < 4.78 is 10.7. The maximum atomic E-state index is 12.0. The molecule has 0 fully saturated rings. The molecule has 0 atom stereocenters. The van der Waals surface area contributed by atoms with Crippen molar-refractivity contribution in [3.05, 3.63) is 64.7 Å². The zero-order valence-corrected chi connectivity index (χ0v) is 15.0. The van der Waals surface area contributed by atoms with Gasteiger partial charge in [-0.25, -0.2) is 0 Å². The molecular formula is C19H23ClN2O3. The van der Waals surface area contributed by atoms with Crippen LogP contribution in [0.5, 0.6) is 5.75 Å². The molecule has 134 valence electrons. The van der Waals surface area contributed by atoms with Crippen LogP contribution in [0.1, 0.15) is 11.1 Å². The molecule has 0 spiro atoms. The Kier molecular flexibility index (Phi) is 8.25. The molecule has 0 aliphatic heterocycles. The van der Waals surface area contributed by atoms with Gasteiger partial charge < -0.3 is 20.1 Å². The summed E-state index contributed by atoms with van der Waals surface area (Å²) in [4.78, 5) is 12.0. The van der Waals surface area contributed by atoms with E-state index in [1.54, 1.807) is 19.2 Å². The number of amides is 1. The molecule has 0 saturated carbocycles. The van der Waals surface area contributed by atoms with Crippen molar-refractivity contribution < 1.29 is 14.3 Å². The van der Waals surface area contributed by atoms with Crippen molar-refractivity contribution in [2.24, 2.45) is 0 Å². The van der Waals surface area contributed by atoms with Crippen LogP contribution in [-0.4, -0.2) is 32.8 Å². The van der Waals surface area contributed by atoms with Gasteiger partial charge in [-0.3, -0.25) is 4.79 Å². The zero-order valence-electron chi connectivity index (χ0n) is 14.3. The van der Waals surface area contributed by atoms with E-state index in [9.17, 15) is 4.79 Å². The van der Waals surface area contributed by atoms with Crippen LogP contribution in [0.3, 0.4) is 0 Å². The minimum absolute atomic E-state index is 0.0573. The molecule has 0 aliphatic carbocycles. The average Bonchev–Trinajstić information content (AvgIpc) is 2.64. The van der Waals surface area contributed by atoms with Gasteiger partial charge in [0.25, 0.3) is 5.91 Å². The molecule has 2 aromatic carbocycles. The molecule has 1 amide bonds. The second-order valence-corrected chi connectivity index (χ2v) is 5.84. The lowest BCUT2D eigenvalue weighted by atomic mass is 10.2. The molecule has 0 radical (unpaired) electrons. The van der Waals surface area contributed by atoms with Gasteiger partial charge in [-0.1, -0.05) is 48.0 Å². The van der Waals surface area contributed by atoms with E-state index < -0.39 is 0 Å². The summed E-state index contributed by atoms with van der Waals surface area (Å²) in [7, 11) is 1.65. The molecule has 2 rings (SSSR count). The molecule has 2 aromatic rings. The molecule has 0 saturated heterocycles. The van der Waals surface area contributed by atoms with Crippen LogP contribution in [0.25, 0.3) is 0 Å². The lowest BCUT2D eigenvalue weighted by Gasteiger charge is -2.14. The Labute approximate surface area is 153 Å². The van der Waals surface area contributed by atoms with Gasteiger partial charge in [0.05, 0.1) is 6.61 Å². The minimum Gasteiger partial charge on any atom is -0.483 e. The first kappa shape index (κ1) is 19.2. The van der Waals surface area contributed by atoms with Crippen LogP contribution in [0.15, 0.2) is 48.5 Å². The van der Waals surface area contributed by atoms with Gasteiger partial charge in [-0.15, -0.1) is 0 Å². The van der Waals surface area contributed by atoms with E-state index in [0.29, 0.717) is 37.0 Å². The lowest BCUT2D eigenvalue weighted by Crippen LogP contribution is -2.28. The Bertz CT molecular complexity index is 665. The van der Waals surface area contributed by atoms with Crippen molar-refractivity contribution in [1.82, 2.24) is 10.6 Å². The highest BCUT2D eigenvalue weighted by molar-refractivity contribution is 6.31. The molecule has 25 heavy (non-hydrogen) atoms. The van der Waals surface area contributed by atoms with E-state index in [2.05, 4.69) is 10.6 Å². The predicted octanol–water partition coefficient (Wildman–Crippen LogP) is 2.77. The van der Waals surface area contributed by atoms with Crippen LogP contribution in [0, 0.1) is 0 Å². The van der Waals surface area contributed by atoms with Crippen molar-refractivity contribution >= 4 is 17.5 Å². The number of nitrogens with one attached hydrogen (secondary N) is 2. The standard InChI is InChI=1S/C19H23ClN2O3/c1-24-11-10-21-13-16-17(20)8-5-9-18(16)25-14-19(23)22-12-15-6-3-2-4-7-15/h2-9,21H,10-14H2,1H3,(H,22,23). The van der Waals surface area contributed by atoms with E-state index in [-0.39, 0.29) is 12.5 Å². The second kappa shape index (κ2) is 10.7. The minimum atomic E-state index is -0.179. The van der Waals surface area contributed by atoms with Gasteiger partial charge in [-0.2, -0.15) is 0 Å². The van der Waals surface area contributed by atoms with Crippen molar-refractivity contribution in [2.45, 2.75) is 13.1 Å². The van der Waals surface area contributed by atoms with E-state index in [1.807, 2.05) is 36.4 Å². The van der Waals surface area contributed by atoms with Crippen LogP contribution >= 0.6 is 11.6 Å².